The van der Waals surface area contributed by atoms with Crippen LogP contribution in [0.25, 0.3) is 0 Å². The van der Waals surface area contributed by atoms with Crippen LogP contribution in [0.4, 0.5) is 0 Å². The topological polar surface area (TPSA) is 46.2 Å². The van der Waals surface area contributed by atoms with Crippen molar-refractivity contribution in [3.8, 4) is 0 Å². The SMILES string of the molecule is CS(=O)(=O)NC1(c2ccc(Br)cc2)CC1. The van der Waals surface area contributed by atoms with Crippen LogP contribution in [0, 0.1) is 0 Å². The lowest BCUT2D eigenvalue weighted by Crippen LogP contribution is -2.33. The lowest BCUT2D eigenvalue weighted by atomic mass is 10.1. The highest BCUT2D eigenvalue weighted by molar-refractivity contribution is 9.10. The highest BCUT2D eigenvalue weighted by Gasteiger charge is 2.46. The van der Waals surface area contributed by atoms with E-state index in [2.05, 4.69) is 20.7 Å². The van der Waals surface area contributed by atoms with E-state index in [1.54, 1.807) is 0 Å². The fourth-order valence-corrected chi connectivity index (χ4v) is 2.99. The normalized spacial score (nSPS) is 18.8. The summed E-state index contributed by atoms with van der Waals surface area (Å²) in [4.78, 5) is 0. The Balaban J connectivity index is 2.27. The van der Waals surface area contributed by atoms with Crippen molar-refractivity contribution in [3.05, 3.63) is 34.3 Å². The molecule has 1 aliphatic carbocycles. The highest BCUT2D eigenvalue weighted by Crippen LogP contribution is 2.46. The first kappa shape index (κ1) is 11.1. The summed E-state index contributed by atoms with van der Waals surface area (Å²) >= 11 is 3.36. The average Bonchev–Trinajstić information content (AvgIpc) is 2.83. The molecule has 0 aliphatic heterocycles. The van der Waals surface area contributed by atoms with E-state index >= 15 is 0 Å². The molecule has 1 aromatic carbocycles. The number of rotatable bonds is 3. The van der Waals surface area contributed by atoms with Crippen molar-refractivity contribution in [1.29, 1.82) is 0 Å². The molecule has 1 N–H and O–H groups in total. The van der Waals surface area contributed by atoms with Crippen LogP contribution in [0.15, 0.2) is 28.7 Å². The van der Waals surface area contributed by atoms with Crippen molar-refractivity contribution < 1.29 is 8.42 Å². The minimum atomic E-state index is -3.14. The molecule has 0 heterocycles. The summed E-state index contributed by atoms with van der Waals surface area (Å²) in [7, 11) is -3.14. The van der Waals surface area contributed by atoms with Gasteiger partial charge in [0.05, 0.1) is 11.8 Å². The van der Waals surface area contributed by atoms with Crippen molar-refractivity contribution >= 4 is 26.0 Å². The van der Waals surface area contributed by atoms with Crippen LogP contribution in [0.3, 0.4) is 0 Å². The second kappa shape index (κ2) is 3.57. The van der Waals surface area contributed by atoms with Gasteiger partial charge in [-0.05, 0) is 30.5 Å². The van der Waals surface area contributed by atoms with Crippen LogP contribution in [-0.4, -0.2) is 14.7 Å². The van der Waals surface area contributed by atoms with Crippen molar-refractivity contribution in [2.24, 2.45) is 0 Å². The molecule has 2 rings (SSSR count). The summed E-state index contributed by atoms with van der Waals surface area (Å²) in [5.41, 5.74) is 0.699. The molecule has 0 atom stereocenters. The molecule has 0 bridgehead atoms. The molecule has 0 saturated heterocycles. The Labute approximate surface area is 98.1 Å². The lowest BCUT2D eigenvalue weighted by Gasteiger charge is -2.16. The van der Waals surface area contributed by atoms with Crippen LogP contribution in [0.1, 0.15) is 18.4 Å². The Morgan fingerprint density at radius 1 is 1.27 bits per heavy atom. The van der Waals surface area contributed by atoms with Crippen LogP contribution in [0.5, 0.6) is 0 Å². The number of halogens is 1. The number of benzene rings is 1. The van der Waals surface area contributed by atoms with Gasteiger partial charge in [-0.3, -0.25) is 0 Å². The molecule has 3 nitrogen and oxygen atoms in total. The minimum Gasteiger partial charge on any atom is -0.213 e. The summed E-state index contributed by atoms with van der Waals surface area (Å²) in [6, 6.07) is 7.77. The van der Waals surface area contributed by atoms with E-state index < -0.39 is 10.0 Å². The lowest BCUT2D eigenvalue weighted by molar-refractivity contribution is 0.557. The molecule has 5 heteroatoms. The zero-order valence-electron chi connectivity index (χ0n) is 8.33. The van der Waals surface area contributed by atoms with Crippen LogP contribution in [0.2, 0.25) is 0 Å². The Bertz CT molecular complexity index is 463. The zero-order valence-corrected chi connectivity index (χ0v) is 10.7. The van der Waals surface area contributed by atoms with Crippen molar-refractivity contribution in [1.82, 2.24) is 4.72 Å². The van der Waals surface area contributed by atoms with Gasteiger partial charge in [-0.15, -0.1) is 0 Å². The summed E-state index contributed by atoms with van der Waals surface area (Å²) in [6.07, 6.45) is 2.95. The first-order valence-corrected chi connectivity index (χ1v) is 7.35. The quantitative estimate of drug-likeness (QED) is 0.925. The van der Waals surface area contributed by atoms with Gasteiger partial charge in [0.2, 0.25) is 10.0 Å². The molecular formula is C10H12BrNO2S. The van der Waals surface area contributed by atoms with E-state index in [0.717, 1.165) is 22.9 Å². The second-order valence-corrected chi connectivity index (χ2v) is 6.63. The third-order valence-electron chi connectivity index (χ3n) is 2.53. The van der Waals surface area contributed by atoms with Gasteiger partial charge in [0.1, 0.15) is 0 Å². The van der Waals surface area contributed by atoms with Crippen molar-refractivity contribution in [3.63, 3.8) is 0 Å². The summed E-state index contributed by atoms with van der Waals surface area (Å²) in [5, 5.41) is 0. The van der Waals surface area contributed by atoms with E-state index in [4.69, 9.17) is 0 Å². The van der Waals surface area contributed by atoms with Crippen molar-refractivity contribution in [2.75, 3.05) is 6.26 Å². The fraction of sp³-hybridized carbons (Fsp3) is 0.400. The molecule has 1 fully saturated rings. The monoisotopic (exact) mass is 289 g/mol. The Kier molecular flexibility index (Phi) is 2.65. The third-order valence-corrected chi connectivity index (χ3v) is 3.82. The van der Waals surface area contributed by atoms with Crippen LogP contribution in [-0.2, 0) is 15.6 Å². The second-order valence-electron chi connectivity index (χ2n) is 3.96. The zero-order chi connectivity index (χ0) is 11.1. The van der Waals surface area contributed by atoms with Gasteiger partial charge in [0.25, 0.3) is 0 Å². The molecule has 0 spiro atoms. The third kappa shape index (κ3) is 2.59. The van der Waals surface area contributed by atoms with Gasteiger partial charge >= 0.3 is 0 Å². The molecule has 1 aliphatic rings. The maximum absolute atomic E-state index is 11.2. The highest BCUT2D eigenvalue weighted by atomic mass is 79.9. The molecule has 0 amide bonds. The summed E-state index contributed by atoms with van der Waals surface area (Å²) < 4.78 is 26.1. The number of sulfonamides is 1. The van der Waals surface area contributed by atoms with E-state index in [1.807, 2.05) is 24.3 Å². The number of hydrogen-bond acceptors (Lipinski definition) is 2. The average molecular weight is 290 g/mol. The largest absolute Gasteiger partial charge is 0.213 e. The molecule has 15 heavy (non-hydrogen) atoms. The molecule has 0 radical (unpaired) electrons. The number of hydrogen-bond donors (Lipinski definition) is 1. The van der Waals surface area contributed by atoms with Crippen molar-refractivity contribution in [2.45, 2.75) is 18.4 Å². The Hall–Kier alpha value is -0.390. The first-order chi connectivity index (χ1) is 6.91. The Morgan fingerprint density at radius 2 is 1.80 bits per heavy atom. The van der Waals surface area contributed by atoms with Gasteiger partial charge in [-0.25, -0.2) is 13.1 Å². The standard InChI is InChI=1S/C10H12BrNO2S/c1-15(13,14)12-10(6-7-10)8-2-4-9(11)5-3-8/h2-5,12H,6-7H2,1H3. The van der Waals surface area contributed by atoms with Gasteiger partial charge < -0.3 is 0 Å². The minimum absolute atomic E-state index is 0.339. The van der Waals surface area contributed by atoms with Crippen LogP contribution < -0.4 is 4.72 Å². The maximum Gasteiger partial charge on any atom is 0.209 e. The maximum atomic E-state index is 11.2. The van der Waals surface area contributed by atoms with Crippen LogP contribution >= 0.6 is 15.9 Å². The smallest absolute Gasteiger partial charge is 0.209 e. The van der Waals surface area contributed by atoms with E-state index in [1.165, 1.54) is 6.26 Å². The van der Waals surface area contributed by atoms with E-state index in [9.17, 15) is 8.42 Å². The molecule has 1 saturated carbocycles. The molecular weight excluding hydrogens is 278 g/mol. The molecule has 82 valence electrons. The Morgan fingerprint density at radius 3 is 2.20 bits per heavy atom. The number of nitrogens with one attached hydrogen (secondary N) is 1. The van der Waals surface area contributed by atoms with E-state index in [0.29, 0.717) is 0 Å². The van der Waals surface area contributed by atoms with Gasteiger partial charge in [0, 0.05) is 4.47 Å². The molecule has 1 aromatic rings. The predicted octanol–water partition coefficient (Wildman–Crippen LogP) is 1.99. The van der Waals surface area contributed by atoms with E-state index in [-0.39, 0.29) is 5.54 Å². The van der Waals surface area contributed by atoms with Gasteiger partial charge in [0.15, 0.2) is 0 Å². The summed E-state index contributed by atoms with van der Waals surface area (Å²) in [5.74, 6) is 0. The predicted molar refractivity (Wildman–Crippen MR) is 63.0 cm³/mol. The fourth-order valence-electron chi connectivity index (χ4n) is 1.70. The first-order valence-electron chi connectivity index (χ1n) is 4.66. The molecule has 0 aromatic heterocycles. The van der Waals surface area contributed by atoms with Gasteiger partial charge in [-0.1, -0.05) is 28.1 Å². The summed E-state index contributed by atoms with van der Waals surface area (Å²) in [6.45, 7) is 0. The van der Waals surface area contributed by atoms with Gasteiger partial charge in [-0.2, -0.15) is 0 Å². The molecule has 0 unspecified atom stereocenters.